The third-order valence-corrected chi connectivity index (χ3v) is 3.24. The van der Waals surface area contributed by atoms with Crippen LogP contribution in [0.3, 0.4) is 0 Å². The van der Waals surface area contributed by atoms with E-state index in [1.807, 2.05) is 37.3 Å². The summed E-state index contributed by atoms with van der Waals surface area (Å²) in [7, 11) is 1.38. The van der Waals surface area contributed by atoms with Crippen molar-refractivity contribution in [3.8, 4) is 6.07 Å². The fourth-order valence-corrected chi connectivity index (χ4v) is 2.36. The number of para-hydroxylation sites is 1. The number of methoxy groups -OCH3 is 1. The van der Waals surface area contributed by atoms with Crippen molar-refractivity contribution in [2.75, 3.05) is 12.0 Å². The zero-order valence-corrected chi connectivity index (χ0v) is 10.4. The zero-order valence-electron chi connectivity index (χ0n) is 10.4. The van der Waals surface area contributed by atoms with Crippen molar-refractivity contribution in [2.24, 2.45) is 0 Å². The van der Waals surface area contributed by atoms with Crippen LogP contribution in [0, 0.1) is 11.3 Å². The minimum absolute atomic E-state index is 0.304. The van der Waals surface area contributed by atoms with Crippen LogP contribution in [0.4, 0.5) is 5.69 Å². The molecule has 4 nitrogen and oxygen atoms in total. The van der Waals surface area contributed by atoms with Gasteiger partial charge in [-0.3, -0.25) is 0 Å². The fourth-order valence-electron chi connectivity index (χ4n) is 2.36. The number of fused-ring (bicyclic) bond motifs is 1. The van der Waals surface area contributed by atoms with E-state index in [1.54, 1.807) is 11.1 Å². The molecule has 92 valence electrons. The van der Waals surface area contributed by atoms with Gasteiger partial charge in [0, 0.05) is 24.4 Å². The largest absolute Gasteiger partial charge is 0.467 e. The van der Waals surface area contributed by atoms with Gasteiger partial charge in [-0.15, -0.1) is 0 Å². The van der Waals surface area contributed by atoms with Gasteiger partial charge in [-0.2, -0.15) is 5.26 Å². The first-order valence-electron chi connectivity index (χ1n) is 5.65. The van der Waals surface area contributed by atoms with Crippen LogP contribution in [0.5, 0.6) is 0 Å². The maximum atomic E-state index is 12.0. The first-order chi connectivity index (χ1) is 8.63. The molecule has 0 saturated carbocycles. The highest BCUT2D eigenvalue weighted by Crippen LogP contribution is 2.39. The molecule has 1 heterocycles. The monoisotopic (exact) mass is 242 g/mol. The Labute approximate surface area is 106 Å². The number of hydrogen-bond donors (Lipinski definition) is 0. The lowest BCUT2D eigenvalue weighted by Crippen LogP contribution is -2.48. The Morgan fingerprint density at radius 2 is 2.28 bits per heavy atom. The number of allylic oxidation sites excluding steroid dienone is 1. The Morgan fingerprint density at radius 1 is 1.56 bits per heavy atom. The van der Waals surface area contributed by atoms with E-state index in [4.69, 9.17) is 10.00 Å². The number of nitrogens with zero attached hydrogens (tertiary/aromatic N) is 2. The molecular formula is C14H14N2O2. The topological polar surface area (TPSA) is 53.3 Å². The van der Waals surface area contributed by atoms with Crippen molar-refractivity contribution in [1.29, 1.82) is 5.26 Å². The van der Waals surface area contributed by atoms with E-state index in [1.165, 1.54) is 13.2 Å². The van der Waals surface area contributed by atoms with E-state index in [0.717, 1.165) is 11.3 Å². The molecule has 0 spiro atoms. The molecule has 1 unspecified atom stereocenters. The average Bonchev–Trinajstić information content (AvgIpc) is 2.68. The summed E-state index contributed by atoms with van der Waals surface area (Å²) in [5, 5.41) is 8.66. The Bertz CT molecular complexity index is 545. The maximum Gasteiger partial charge on any atom is 0.332 e. The van der Waals surface area contributed by atoms with Gasteiger partial charge in [-0.1, -0.05) is 18.2 Å². The number of anilines is 1. The molecule has 1 atom stereocenters. The second-order valence-electron chi connectivity index (χ2n) is 4.39. The Balaban J connectivity index is 2.49. The molecule has 0 aliphatic carbocycles. The second kappa shape index (κ2) is 4.53. The standard InChI is InChI=1S/C14H14N2O2/c1-14(13(17)18-2)10-11-6-3-4-7-12(11)16(14)9-5-8-15/h3-7,9H,10H2,1-2H3. The summed E-state index contributed by atoms with van der Waals surface area (Å²) in [5.41, 5.74) is 1.23. The maximum absolute atomic E-state index is 12.0. The van der Waals surface area contributed by atoms with Gasteiger partial charge in [-0.05, 0) is 18.6 Å². The zero-order chi connectivity index (χ0) is 13.2. The third kappa shape index (κ3) is 1.74. The number of esters is 1. The number of benzene rings is 1. The molecule has 1 aromatic rings. The summed E-state index contributed by atoms with van der Waals surface area (Å²) < 4.78 is 4.88. The van der Waals surface area contributed by atoms with Crippen molar-refractivity contribution >= 4 is 11.7 Å². The molecule has 0 amide bonds. The van der Waals surface area contributed by atoms with E-state index in [0.29, 0.717) is 6.42 Å². The lowest BCUT2D eigenvalue weighted by Gasteiger charge is -2.31. The van der Waals surface area contributed by atoms with E-state index >= 15 is 0 Å². The summed E-state index contributed by atoms with van der Waals surface area (Å²) in [4.78, 5) is 13.8. The number of ether oxygens (including phenoxy) is 1. The second-order valence-corrected chi connectivity index (χ2v) is 4.39. The summed E-state index contributed by atoms with van der Waals surface area (Å²) in [6, 6.07) is 9.71. The molecule has 4 heteroatoms. The highest BCUT2D eigenvalue weighted by molar-refractivity contribution is 5.89. The van der Waals surface area contributed by atoms with Crippen molar-refractivity contribution in [1.82, 2.24) is 0 Å². The molecule has 1 aromatic carbocycles. The molecule has 0 radical (unpaired) electrons. The lowest BCUT2D eigenvalue weighted by molar-refractivity contribution is -0.145. The molecular weight excluding hydrogens is 228 g/mol. The van der Waals surface area contributed by atoms with Crippen molar-refractivity contribution in [3.63, 3.8) is 0 Å². The highest BCUT2D eigenvalue weighted by Gasteiger charge is 2.45. The number of hydrogen-bond acceptors (Lipinski definition) is 4. The first-order valence-corrected chi connectivity index (χ1v) is 5.65. The quantitative estimate of drug-likeness (QED) is 0.588. The van der Waals surface area contributed by atoms with Gasteiger partial charge in [-0.25, -0.2) is 4.79 Å². The normalized spacial score (nSPS) is 21.7. The van der Waals surface area contributed by atoms with E-state index in [9.17, 15) is 4.79 Å². The highest BCUT2D eigenvalue weighted by atomic mass is 16.5. The summed E-state index contributed by atoms with van der Waals surface area (Å²) in [6.45, 7) is 1.82. The van der Waals surface area contributed by atoms with Gasteiger partial charge in [0.1, 0.15) is 5.54 Å². The first kappa shape index (κ1) is 12.2. The molecule has 2 rings (SSSR count). The minimum Gasteiger partial charge on any atom is -0.467 e. The smallest absolute Gasteiger partial charge is 0.332 e. The van der Waals surface area contributed by atoms with Crippen molar-refractivity contribution in [3.05, 3.63) is 42.1 Å². The number of carbonyl (C=O) groups is 1. The van der Waals surface area contributed by atoms with E-state index in [2.05, 4.69) is 0 Å². The average molecular weight is 242 g/mol. The van der Waals surface area contributed by atoms with Gasteiger partial charge < -0.3 is 9.64 Å². The molecule has 0 N–H and O–H groups in total. The number of rotatable bonds is 2. The molecule has 0 bridgehead atoms. The lowest BCUT2D eigenvalue weighted by atomic mass is 9.97. The molecule has 18 heavy (non-hydrogen) atoms. The predicted octanol–water partition coefficient (Wildman–Crippen LogP) is 2.02. The van der Waals surface area contributed by atoms with Crippen LogP contribution in [-0.4, -0.2) is 18.6 Å². The third-order valence-electron chi connectivity index (χ3n) is 3.24. The van der Waals surface area contributed by atoms with E-state index in [-0.39, 0.29) is 5.97 Å². The fraction of sp³-hybridized carbons (Fsp3) is 0.286. The van der Waals surface area contributed by atoms with Crippen molar-refractivity contribution < 1.29 is 9.53 Å². The van der Waals surface area contributed by atoms with Gasteiger partial charge >= 0.3 is 5.97 Å². The minimum atomic E-state index is -0.786. The van der Waals surface area contributed by atoms with Crippen molar-refractivity contribution in [2.45, 2.75) is 18.9 Å². The van der Waals surface area contributed by atoms with Crippen LogP contribution >= 0.6 is 0 Å². The predicted molar refractivity (Wildman–Crippen MR) is 67.8 cm³/mol. The number of carbonyl (C=O) groups excluding carboxylic acids is 1. The Kier molecular flexibility index (Phi) is 3.07. The summed E-state index contributed by atoms with van der Waals surface area (Å²) in [6.07, 6.45) is 3.57. The van der Waals surface area contributed by atoms with Gasteiger partial charge in [0.15, 0.2) is 0 Å². The molecule has 0 saturated heterocycles. The number of nitriles is 1. The molecule has 1 aliphatic heterocycles. The molecule has 0 aromatic heterocycles. The van der Waals surface area contributed by atoms with Gasteiger partial charge in [0.25, 0.3) is 0 Å². The van der Waals surface area contributed by atoms with Gasteiger partial charge in [0.2, 0.25) is 0 Å². The van der Waals surface area contributed by atoms with Gasteiger partial charge in [0.05, 0.1) is 13.2 Å². The Hall–Kier alpha value is -2.28. The SMILES string of the molecule is COC(=O)C1(C)Cc2ccccc2N1C=CC#N. The van der Waals surface area contributed by atoms with Crippen LogP contribution in [0.25, 0.3) is 0 Å². The van der Waals surface area contributed by atoms with Crippen LogP contribution in [0.1, 0.15) is 12.5 Å². The molecule has 1 aliphatic rings. The van der Waals surface area contributed by atoms with Crippen LogP contribution in [0.15, 0.2) is 36.5 Å². The molecule has 0 fully saturated rings. The summed E-state index contributed by atoms with van der Waals surface area (Å²) >= 11 is 0. The van der Waals surface area contributed by atoms with E-state index < -0.39 is 5.54 Å². The van der Waals surface area contributed by atoms with Crippen LogP contribution < -0.4 is 4.90 Å². The van der Waals surface area contributed by atoms with Crippen LogP contribution in [0.2, 0.25) is 0 Å². The Morgan fingerprint density at radius 3 is 2.94 bits per heavy atom. The summed E-state index contributed by atoms with van der Waals surface area (Å²) in [5.74, 6) is -0.304. The van der Waals surface area contributed by atoms with Crippen LogP contribution in [-0.2, 0) is 16.0 Å².